The number of aromatic amines is 1. The molecular formula is C14H12N8OS. The minimum absolute atomic E-state index is 0.274. The summed E-state index contributed by atoms with van der Waals surface area (Å²) in [6.07, 6.45) is 1.50. The summed E-state index contributed by atoms with van der Waals surface area (Å²) in [6, 6.07) is 9.48. The average molecular weight is 340 g/mol. The number of aromatic nitrogens is 7. The highest BCUT2D eigenvalue weighted by atomic mass is 32.2. The van der Waals surface area contributed by atoms with Crippen LogP contribution in [-0.2, 0) is 0 Å². The zero-order valence-electron chi connectivity index (χ0n) is 12.5. The van der Waals surface area contributed by atoms with Crippen LogP contribution in [-0.4, -0.2) is 34.6 Å². The fourth-order valence-electron chi connectivity index (χ4n) is 2.21. The highest BCUT2D eigenvalue weighted by molar-refractivity contribution is 7.99. The monoisotopic (exact) mass is 340 g/mol. The Morgan fingerprint density at radius 1 is 1.21 bits per heavy atom. The van der Waals surface area contributed by atoms with E-state index in [2.05, 4.69) is 25.3 Å². The lowest BCUT2D eigenvalue weighted by molar-refractivity contribution is 0.816. The van der Waals surface area contributed by atoms with Crippen LogP contribution >= 0.6 is 11.8 Å². The molecule has 0 aliphatic rings. The fraction of sp³-hybridized carbons (Fsp3) is 0.0714. The Bertz CT molecular complexity index is 1080. The first-order valence-corrected chi connectivity index (χ1v) is 7.83. The van der Waals surface area contributed by atoms with Gasteiger partial charge in [0.1, 0.15) is 11.2 Å². The van der Waals surface area contributed by atoms with Gasteiger partial charge in [-0.25, -0.2) is 14.3 Å². The molecule has 4 rings (SSSR count). The second-order valence-corrected chi connectivity index (χ2v) is 5.96. The van der Waals surface area contributed by atoms with Gasteiger partial charge in [0, 0.05) is 0 Å². The van der Waals surface area contributed by atoms with Crippen molar-refractivity contribution in [1.82, 2.24) is 34.6 Å². The molecule has 0 spiro atoms. The number of aryl methyl sites for hydroxylation is 1. The van der Waals surface area contributed by atoms with Crippen LogP contribution in [0.25, 0.3) is 16.7 Å². The normalized spacial score (nSPS) is 11.2. The lowest BCUT2D eigenvalue weighted by Gasteiger charge is -2.04. The van der Waals surface area contributed by atoms with Crippen LogP contribution in [0.15, 0.2) is 51.6 Å². The highest BCUT2D eigenvalue weighted by Crippen LogP contribution is 2.23. The van der Waals surface area contributed by atoms with E-state index in [9.17, 15) is 4.79 Å². The van der Waals surface area contributed by atoms with Crippen LogP contribution in [0.1, 0.15) is 5.82 Å². The van der Waals surface area contributed by atoms with Crippen molar-refractivity contribution in [2.45, 2.75) is 17.2 Å². The Kier molecular flexibility index (Phi) is 3.31. The van der Waals surface area contributed by atoms with Gasteiger partial charge in [0.05, 0.1) is 11.9 Å². The molecule has 0 unspecified atom stereocenters. The molecule has 0 amide bonds. The van der Waals surface area contributed by atoms with Crippen molar-refractivity contribution in [3.8, 4) is 5.69 Å². The number of nitrogen functional groups attached to an aromatic ring is 1. The SMILES string of the molecule is Cc1nnc(Sc2nc3c(cnn3-c3ccccc3)c(=O)[nH]2)n1N. The van der Waals surface area contributed by atoms with Gasteiger partial charge in [0.2, 0.25) is 5.16 Å². The summed E-state index contributed by atoms with van der Waals surface area (Å²) >= 11 is 1.13. The van der Waals surface area contributed by atoms with E-state index >= 15 is 0 Å². The molecule has 0 aliphatic heterocycles. The van der Waals surface area contributed by atoms with Crippen molar-refractivity contribution in [1.29, 1.82) is 0 Å². The first-order chi connectivity index (χ1) is 11.6. The van der Waals surface area contributed by atoms with E-state index in [-0.39, 0.29) is 5.56 Å². The number of benzene rings is 1. The largest absolute Gasteiger partial charge is 0.336 e. The second-order valence-electron chi connectivity index (χ2n) is 5.00. The van der Waals surface area contributed by atoms with E-state index in [1.807, 2.05) is 30.3 Å². The summed E-state index contributed by atoms with van der Waals surface area (Å²) in [5.41, 5.74) is 1.01. The minimum atomic E-state index is -0.274. The molecule has 0 atom stereocenters. The summed E-state index contributed by atoms with van der Waals surface area (Å²) in [5, 5.41) is 13.3. The van der Waals surface area contributed by atoms with Gasteiger partial charge in [-0.2, -0.15) is 5.10 Å². The third kappa shape index (κ3) is 2.33. The molecule has 4 aromatic rings. The Hall–Kier alpha value is -3.14. The molecule has 0 bridgehead atoms. The fourth-order valence-corrected chi connectivity index (χ4v) is 2.97. The molecule has 3 aromatic heterocycles. The molecule has 3 N–H and O–H groups in total. The molecule has 9 nitrogen and oxygen atoms in total. The number of nitrogens with zero attached hydrogens (tertiary/aromatic N) is 6. The summed E-state index contributed by atoms with van der Waals surface area (Å²) < 4.78 is 2.95. The second kappa shape index (κ2) is 5.49. The van der Waals surface area contributed by atoms with Crippen molar-refractivity contribution in [3.05, 3.63) is 52.7 Å². The molecule has 24 heavy (non-hydrogen) atoms. The molecule has 1 aromatic carbocycles. The lowest BCUT2D eigenvalue weighted by Crippen LogP contribution is -2.13. The van der Waals surface area contributed by atoms with Gasteiger partial charge >= 0.3 is 0 Å². The number of rotatable bonds is 3. The van der Waals surface area contributed by atoms with Gasteiger partial charge in [-0.1, -0.05) is 18.2 Å². The summed E-state index contributed by atoms with van der Waals surface area (Å²) in [6.45, 7) is 1.74. The maximum Gasteiger partial charge on any atom is 0.262 e. The lowest BCUT2D eigenvalue weighted by atomic mass is 10.3. The number of hydrogen-bond acceptors (Lipinski definition) is 7. The van der Waals surface area contributed by atoms with Crippen molar-refractivity contribution in [2.75, 3.05) is 5.84 Å². The molecule has 0 radical (unpaired) electrons. The molecular weight excluding hydrogens is 328 g/mol. The van der Waals surface area contributed by atoms with Crippen molar-refractivity contribution in [3.63, 3.8) is 0 Å². The van der Waals surface area contributed by atoms with Gasteiger partial charge in [-0.15, -0.1) is 10.2 Å². The van der Waals surface area contributed by atoms with E-state index in [1.165, 1.54) is 10.9 Å². The Morgan fingerprint density at radius 2 is 2.00 bits per heavy atom. The van der Waals surface area contributed by atoms with Crippen LogP contribution in [0, 0.1) is 6.92 Å². The average Bonchev–Trinajstić information content (AvgIpc) is 3.15. The first kappa shape index (κ1) is 14.5. The van der Waals surface area contributed by atoms with Crippen LogP contribution < -0.4 is 11.4 Å². The summed E-state index contributed by atoms with van der Waals surface area (Å²) in [7, 11) is 0. The third-order valence-corrected chi connectivity index (χ3v) is 4.29. The van der Waals surface area contributed by atoms with Crippen LogP contribution in [0.2, 0.25) is 0 Å². The molecule has 0 aliphatic carbocycles. The van der Waals surface area contributed by atoms with E-state index in [0.717, 1.165) is 17.4 Å². The summed E-state index contributed by atoms with van der Waals surface area (Å²) in [4.78, 5) is 19.5. The van der Waals surface area contributed by atoms with Gasteiger partial charge in [-0.05, 0) is 30.8 Å². The quantitative estimate of drug-likeness (QED) is 0.419. The van der Waals surface area contributed by atoms with Gasteiger partial charge < -0.3 is 10.8 Å². The topological polar surface area (TPSA) is 120 Å². The van der Waals surface area contributed by atoms with E-state index in [4.69, 9.17) is 5.84 Å². The molecule has 3 heterocycles. The molecule has 120 valence electrons. The predicted molar refractivity (Wildman–Crippen MR) is 88.5 cm³/mol. The van der Waals surface area contributed by atoms with Crippen LogP contribution in [0.5, 0.6) is 0 Å². The summed E-state index contributed by atoms with van der Waals surface area (Å²) in [5.74, 6) is 6.40. The van der Waals surface area contributed by atoms with Crippen molar-refractivity contribution in [2.24, 2.45) is 0 Å². The molecule has 0 saturated heterocycles. The standard InChI is InChI=1S/C14H12N8OS/c1-8-19-20-14(21(8)15)24-13-17-11-10(12(23)18-13)7-16-22(11)9-5-3-2-4-6-9/h2-7H,15H2,1H3,(H,17,18,23). The maximum absolute atomic E-state index is 12.3. The zero-order valence-corrected chi connectivity index (χ0v) is 13.4. The van der Waals surface area contributed by atoms with E-state index in [0.29, 0.717) is 27.2 Å². The number of nitrogens with one attached hydrogen (secondary N) is 1. The molecule has 0 fully saturated rings. The van der Waals surface area contributed by atoms with Gasteiger partial charge in [0.25, 0.3) is 5.56 Å². The molecule has 0 saturated carbocycles. The first-order valence-electron chi connectivity index (χ1n) is 7.02. The smallest absolute Gasteiger partial charge is 0.262 e. The van der Waals surface area contributed by atoms with Gasteiger partial charge in [-0.3, -0.25) is 4.79 Å². The van der Waals surface area contributed by atoms with Gasteiger partial charge in [0.15, 0.2) is 10.8 Å². The maximum atomic E-state index is 12.3. The third-order valence-electron chi connectivity index (χ3n) is 3.44. The number of nitrogens with two attached hydrogens (primary N) is 1. The van der Waals surface area contributed by atoms with Crippen LogP contribution in [0.3, 0.4) is 0 Å². The molecule has 10 heteroatoms. The highest BCUT2D eigenvalue weighted by Gasteiger charge is 2.14. The Labute approximate surface area is 139 Å². The van der Waals surface area contributed by atoms with E-state index < -0.39 is 0 Å². The van der Waals surface area contributed by atoms with Crippen molar-refractivity contribution < 1.29 is 0 Å². The number of para-hydroxylation sites is 1. The van der Waals surface area contributed by atoms with E-state index in [1.54, 1.807) is 11.6 Å². The number of H-pyrrole nitrogens is 1. The van der Waals surface area contributed by atoms with Crippen LogP contribution in [0.4, 0.5) is 0 Å². The zero-order chi connectivity index (χ0) is 16.7. The Morgan fingerprint density at radius 3 is 2.71 bits per heavy atom. The number of hydrogen-bond donors (Lipinski definition) is 2. The minimum Gasteiger partial charge on any atom is -0.336 e. The Balaban J connectivity index is 1.84. The predicted octanol–water partition coefficient (Wildman–Crippen LogP) is 0.874. The number of fused-ring (bicyclic) bond motifs is 1. The van der Waals surface area contributed by atoms with Crippen molar-refractivity contribution >= 4 is 22.8 Å².